The van der Waals surface area contributed by atoms with Gasteiger partial charge in [-0.15, -0.1) is 0 Å². The lowest BCUT2D eigenvalue weighted by Crippen LogP contribution is -2.29. The summed E-state index contributed by atoms with van der Waals surface area (Å²) in [5.41, 5.74) is 1.74. The SMILES string of the molecule is O=C(NCCNc1nccc(C2CCCC2)n1)c1ccncc1. The highest BCUT2D eigenvalue weighted by molar-refractivity contribution is 5.93. The summed E-state index contributed by atoms with van der Waals surface area (Å²) in [6.07, 6.45) is 10.0. The van der Waals surface area contributed by atoms with Crippen LogP contribution in [-0.4, -0.2) is 33.9 Å². The number of aromatic nitrogens is 3. The van der Waals surface area contributed by atoms with Gasteiger partial charge in [-0.05, 0) is 31.0 Å². The number of nitrogens with one attached hydrogen (secondary N) is 2. The van der Waals surface area contributed by atoms with Crippen molar-refractivity contribution in [3.63, 3.8) is 0 Å². The molecule has 0 radical (unpaired) electrons. The van der Waals surface area contributed by atoms with E-state index in [1.54, 1.807) is 30.7 Å². The van der Waals surface area contributed by atoms with E-state index in [0.717, 1.165) is 5.69 Å². The molecule has 0 aromatic carbocycles. The van der Waals surface area contributed by atoms with Gasteiger partial charge in [0.2, 0.25) is 5.95 Å². The molecule has 2 aromatic rings. The fourth-order valence-electron chi connectivity index (χ4n) is 2.86. The predicted octanol–water partition coefficient (Wildman–Crippen LogP) is 2.37. The molecule has 6 nitrogen and oxygen atoms in total. The molecular weight excluding hydrogens is 290 g/mol. The molecule has 1 saturated carbocycles. The van der Waals surface area contributed by atoms with E-state index in [4.69, 9.17) is 0 Å². The third kappa shape index (κ3) is 4.25. The highest BCUT2D eigenvalue weighted by atomic mass is 16.1. The maximum absolute atomic E-state index is 11.9. The number of hydrogen-bond acceptors (Lipinski definition) is 5. The zero-order chi connectivity index (χ0) is 15.9. The minimum atomic E-state index is -0.102. The molecule has 1 aliphatic rings. The molecule has 1 fully saturated rings. The third-order valence-electron chi connectivity index (χ3n) is 4.09. The molecule has 3 rings (SSSR count). The molecule has 0 aliphatic heterocycles. The molecule has 23 heavy (non-hydrogen) atoms. The number of carbonyl (C=O) groups is 1. The Bertz CT molecular complexity index is 640. The van der Waals surface area contributed by atoms with E-state index in [0.29, 0.717) is 30.5 Å². The fourth-order valence-corrected chi connectivity index (χ4v) is 2.86. The van der Waals surface area contributed by atoms with Gasteiger partial charge >= 0.3 is 0 Å². The lowest BCUT2D eigenvalue weighted by molar-refractivity contribution is 0.0955. The molecule has 0 saturated heterocycles. The van der Waals surface area contributed by atoms with Crippen LogP contribution in [0.4, 0.5) is 5.95 Å². The summed E-state index contributed by atoms with van der Waals surface area (Å²) in [7, 11) is 0. The molecule has 6 heteroatoms. The molecular formula is C17H21N5O. The molecule has 0 spiro atoms. The third-order valence-corrected chi connectivity index (χ3v) is 4.09. The Balaban J connectivity index is 1.45. The van der Waals surface area contributed by atoms with Crippen LogP contribution in [0.2, 0.25) is 0 Å². The van der Waals surface area contributed by atoms with Crippen molar-refractivity contribution in [2.45, 2.75) is 31.6 Å². The van der Waals surface area contributed by atoms with Crippen molar-refractivity contribution in [1.29, 1.82) is 0 Å². The van der Waals surface area contributed by atoms with E-state index in [2.05, 4.69) is 25.6 Å². The highest BCUT2D eigenvalue weighted by Crippen LogP contribution is 2.32. The Labute approximate surface area is 135 Å². The molecule has 2 aromatic heterocycles. The maximum Gasteiger partial charge on any atom is 0.251 e. The van der Waals surface area contributed by atoms with Gasteiger partial charge in [0.05, 0.1) is 0 Å². The Morgan fingerprint density at radius 1 is 1.09 bits per heavy atom. The molecule has 120 valence electrons. The van der Waals surface area contributed by atoms with E-state index in [1.807, 2.05) is 6.07 Å². The second-order valence-electron chi connectivity index (χ2n) is 5.71. The Morgan fingerprint density at radius 2 is 1.87 bits per heavy atom. The zero-order valence-electron chi connectivity index (χ0n) is 13.0. The van der Waals surface area contributed by atoms with Gasteiger partial charge < -0.3 is 10.6 Å². The topological polar surface area (TPSA) is 79.8 Å². The summed E-state index contributed by atoms with van der Waals surface area (Å²) in [4.78, 5) is 24.6. The number of rotatable bonds is 6. The van der Waals surface area contributed by atoms with Gasteiger partial charge in [0, 0.05) is 48.9 Å². The summed E-state index contributed by atoms with van der Waals surface area (Å²) in [5, 5.41) is 6.02. The minimum Gasteiger partial charge on any atom is -0.352 e. The summed E-state index contributed by atoms with van der Waals surface area (Å²) in [6.45, 7) is 1.10. The lowest BCUT2D eigenvalue weighted by atomic mass is 10.0. The fraction of sp³-hybridized carbons (Fsp3) is 0.412. The van der Waals surface area contributed by atoms with Crippen LogP contribution in [0.1, 0.15) is 47.7 Å². The van der Waals surface area contributed by atoms with E-state index in [9.17, 15) is 4.79 Å². The number of pyridine rings is 1. The van der Waals surface area contributed by atoms with Crippen molar-refractivity contribution < 1.29 is 4.79 Å². The summed E-state index contributed by atoms with van der Waals surface area (Å²) in [6, 6.07) is 5.39. The molecule has 0 atom stereocenters. The van der Waals surface area contributed by atoms with Crippen LogP contribution in [0.5, 0.6) is 0 Å². The first kappa shape index (κ1) is 15.4. The number of amides is 1. The lowest BCUT2D eigenvalue weighted by Gasteiger charge is -2.11. The predicted molar refractivity (Wildman–Crippen MR) is 88.3 cm³/mol. The van der Waals surface area contributed by atoms with Gasteiger partial charge in [-0.25, -0.2) is 9.97 Å². The first-order valence-electron chi connectivity index (χ1n) is 8.08. The normalized spacial score (nSPS) is 14.6. The zero-order valence-corrected chi connectivity index (χ0v) is 13.0. The molecule has 0 bridgehead atoms. The van der Waals surface area contributed by atoms with Crippen LogP contribution >= 0.6 is 0 Å². The van der Waals surface area contributed by atoms with Gasteiger partial charge in [0.15, 0.2) is 0 Å². The summed E-state index contributed by atoms with van der Waals surface area (Å²) >= 11 is 0. The van der Waals surface area contributed by atoms with Crippen molar-refractivity contribution in [2.75, 3.05) is 18.4 Å². The quantitative estimate of drug-likeness (QED) is 0.801. The second-order valence-corrected chi connectivity index (χ2v) is 5.71. The molecule has 1 amide bonds. The standard InChI is InChI=1S/C17H21N5O/c23-16(14-5-8-18-9-6-14)19-11-12-21-17-20-10-7-15(22-17)13-3-1-2-4-13/h5-10,13H,1-4,11-12H2,(H,19,23)(H,20,21,22). The maximum atomic E-state index is 11.9. The van der Waals surface area contributed by atoms with Crippen molar-refractivity contribution in [3.05, 3.63) is 48.0 Å². The van der Waals surface area contributed by atoms with Crippen molar-refractivity contribution in [2.24, 2.45) is 0 Å². The van der Waals surface area contributed by atoms with Crippen LogP contribution in [0.25, 0.3) is 0 Å². The van der Waals surface area contributed by atoms with Crippen LogP contribution in [0, 0.1) is 0 Å². The largest absolute Gasteiger partial charge is 0.352 e. The highest BCUT2D eigenvalue weighted by Gasteiger charge is 2.18. The smallest absolute Gasteiger partial charge is 0.251 e. The molecule has 0 unspecified atom stereocenters. The number of carbonyl (C=O) groups excluding carboxylic acids is 1. The van der Waals surface area contributed by atoms with E-state index < -0.39 is 0 Å². The average Bonchev–Trinajstić information content (AvgIpc) is 3.14. The van der Waals surface area contributed by atoms with Crippen molar-refractivity contribution in [3.8, 4) is 0 Å². The first-order valence-corrected chi connectivity index (χ1v) is 8.08. The monoisotopic (exact) mass is 311 g/mol. The van der Waals surface area contributed by atoms with E-state index >= 15 is 0 Å². The van der Waals surface area contributed by atoms with Crippen molar-refractivity contribution in [1.82, 2.24) is 20.3 Å². The van der Waals surface area contributed by atoms with Crippen molar-refractivity contribution >= 4 is 11.9 Å². The van der Waals surface area contributed by atoms with E-state index in [1.165, 1.54) is 25.7 Å². The number of nitrogens with zero attached hydrogens (tertiary/aromatic N) is 3. The van der Waals surface area contributed by atoms with Gasteiger partial charge in [0.1, 0.15) is 0 Å². The van der Waals surface area contributed by atoms with Gasteiger partial charge in [-0.3, -0.25) is 9.78 Å². The first-order chi connectivity index (χ1) is 11.3. The van der Waals surface area contributed by atoms with Crippen LogP contribution in [0.15, 0.2) is 36.8 Å². The molecule has 1 aliphatic carbocycles. The summed E-state index contributed by atoms with van der Waals surface area (Å²) < 4.78 is 0. The van der Waals surface area contributed by atoms with E-state index in [-0.39, 0.29) is 5.91 Å². The second kappa shape index (κ2) is 7.67. The summed E-state index contributed by atoms with van der Waals surface area (Å²) in [5.74, 6) is 1.10. The minimum absolute atomic E-state index is 0.102. The van der Waals surface area contributed by atoms with Crippen LogP contribution in [0.3, 0.4) is 0 Å². The Hall–Kier alpha value is -2.50. The van der Waals surface area contributed by atoms with Crippen LogP contribution in [-0.2, 0) is 0 Å². The number of hydrogen-bond donors (Lipinski definition) is 2. The Morgan fingerprint density at radius 3 is 2.65 bits per heavy atom. The molecule has 2 heterocycles. The van der Waals surface area contributed by atoms with Crippen LogP contribution < -0.4 is 10.6 Å². The van der Waals surface area contributed by atoms with Gasteiger partial charge in [0.25, 0.3) is 5.91 Å². The van der Waals surface area contributed by atoms with Gasteiger partial charge in [-0.2, -0.15) is 0 Å². The molecule has 2 N–H and O–H groups in total. The Kier molecular flexibility index (Phi) is 5.13. The number of anilines is 1. The van der Waals surface area contributed by atoms with Gasteiger partial charge in [-0.1, -0.05) is 12.8 Å². The average molecular weight is 311 g/mol.